The van der Waals surface area contributed by atoms with Crippen molar-refractivity contribution in [2.75, 3.05) is 13.1 Å². The van der Waals surface area contributed by atoms with Gasteiger partial charge < -0.3 is 4.90 Å². The topological polar surface area (TPSA) is 105 Å². The van der Waals surface area contributed by atoms with Gasteiger partial charge in [-0.15, -0.1) is 0 Å². The van der Waals surface area contributed by atoms with E-state index in [1.165, 1.54) is 0 Å². The van der Waals surface area contributed by atoms with E-state index < -0.39 is 17.8 Å². The molecule has 0 aromatic heterocycles. The molecule has 0 atom stereocenters. The molecule has 0 unspecified atom stereocenters. The summed E-state index contributed by atoms with van der Waals surface area (Å²) >= 11 is 0. The van der Waals surface area contributed by atoms with Crippen molar-refractivity contribution < 1.29 is 14.4 Å². The average molecular weight is 172 g/mol. The number of hydrogen-bond donors (Lipinski definition) is 3. The fourth-order valence-electron chi connectivity index (χ4n) is 0.872. The van der Waals surface area contributed by atoms with Crippen LogP contribution in [0.2, 0.25) is 0 Å². The van der Waals surface area contributed by atoms with E-state index in [1.807, 2.05) is 10.7 Å². The molecule has 12 heavy (non-hydrogen) atoms. The number of carbonyl (C=O) groups is 3. The number of rotatable bonds is 0. The summed E-state index contributed by atoms with van der Waals surface area (Å²) in [5, 5.41) is 2.05. The van der Waals surface area contributed by atoms with Crippen LogP contribution in [0, 0.1) is 0 Å². The molecule has 7 heteroatoms. The Balaban J connectivity index is 2.61. The molecule has 0 aromatic rings. The molecule has 1 heterocycles. The Hall–Kier alpha value is -1.63. The number of hydrogen-bond acceptors (Lipinski definition) is 4. The maximum atomic E-state index is 10.8. The van der Waals surface area contributed by atoms with Crippen LogP contribution < -0.4 is 16.6 Å². The molecule has 4 N–H and O–H groups in total. The summed E-state index contributed by atoms with van der Waals surface area (Å²) in [6, 6.07) is -0.641. The molecule has 1 saturated heterocycles. The predicted octanol–water partition coefficient (Wildman–Crippen LogP) is -2.47. The second-order valence-corrected chi connectivity index (χ2v) is 2.28. The first kappa shape index (κ1) is 8.47. The molecule has 0 radical (unpaired) electrons. The van der Waals surface area contributed by atoms with Crippen molar-refractivity contribution in [1.29, 1.82) is 0 Å². The molecule has 0 bridgehead atoms. The molecule has 1 aliphatic heterocycles. The third-order valence-corrected chi connectivity index (χ3v) is 1.36. The summed E-state index contributed by atoms with van der Waals surface area (Å²) in [5.41, 5.74) is 1.83. The fraction of sp³-hybridized carbons (Fsp3) is 0.400. The zero-order valence-electron chi connectivity index (χ0n) is 6.16. The van der Waals surface area contributed by atoms with Crippen molar-refractivity contribution in [3.05, 3.63) is 0 Å². The standard InChI is InChI=1S/C5H8N4O3/c6-8-5(12)9-1-3(10)7-4(11)2-9/h1-2,6H2,(H,8,12)(H,7,10,11). The molecular formula is C5H8N4O3. The highest BCUT2D eigenvalue weighted by atomic mass is 16.2. The summed E-state index contributed by atoms with van der Waals surface area (Å²) in [7, 11) is 0. The number of carbonyl (C=O) groups excluding carboxylic acids is 3. The van der Waals surface area contributed by atoms with Gasteiger partial charge in [0.05, 0.1) is 0 Å². The highest BCUT2D eigenvalue weighted by molar-refractivity contribution is 6.02. The van der Waals surface area contributed by atoms with E-state index in [1.54, 1.807) is 0 Å². The zero-order chi connectivity index (χ0) is 9.14. The van der Waals surface area contributed by atoms with Gasteiger partial charge in [0, 0.05) is 0 Å². The van der Waals surface area contributed by atoms with Gasteiger partial charge in [-0.25, -0.2) is 10.6 Å². The number of piperazine rings is 1. The average Bonchev–Trinajstić information content (AvgIpc) is 2.01. The highest BCUT2D eigenvalue weighted by Crippen LogP contribution is 1.93. The first-order valence-electron chi connectivity index (χ1n) is 3.21. The molecule has 7 nitrogen and oxygen atoms in total. The van der Waals surface area contributed by atoms with Crippen LogP contribution in [0.3, 0.4) is 0 Å². The fourth-order valence-corrected chi connectivity index (χ4v) is 0.872. The molecule has 0 aromatic carbocycles. The normalized spacial score (nSPS) is 17.2. The van der Waals surface area contributed by atoms with Crippen molar-refractivity contribution in [2.45, 2.75) is 0 Å². The van der Waals surface area contributed by atoms with Crippen LogP contribution in [-0.2, 0) is 9.59 Å². The Morgan fingerprint density at radius 1 is 1.42 bits per heavy atom. The van der Waals surface area contributed by atoms with E-state index in [2.05, 4.69) is 0 Å². The second-order valence-electron chi connectivity index (χ2n) is 2.28. The lowest BCUT2D eigenvalue weighted by Gasteiger charge is -2.24. The molecule has 1 fully saturated rings. The van der Waals surface area contributed by atoms with E-state index in [0.29, 0.717) is 0 Å². The van der Waals surface area contributed by atoms with Crippen LogP contribution >= 0.6 is 0 Å². The van der Waals surface area contributed by atoms with Gasteiger partial charge in [-0.2, -0.15) is 0 Å². The molecule has 0 spiro atoms. The van der Waals surface area contributed by atoms with Crippen LogP contribution in [0.4, 0.5) is 4.79 Å². The molecule has 1 aliphatic rings. The van der Waals surface area contributed by atoms with E-state index in [9.17, 15) is 14.4 Å². The van der Waals surface area contributed by atoms with Gasteiger partial charge in [-0.3, -0.25) is 20.3 Å². The second kappa shape index (κ2) is 3.18. The quantitative estimate of drug-likeness (QED) is 0.163. The lowest BCUT2D eigenvalue weighted by molar-refractivity contribution is -0.134. The van der Waals surface area contributed by atoms with Gasteiger partial charge >= 0.3 is 6.03 Å². The predicted molar refractivity (Wildman–Crippen MR) is 37.4 cm³/mol. The van der Waals surface area contributed by atoms with E-state index in [4.69, 9.17) is 5.84 Å². The van der Waals surface area contributed by atoms with Crippen molar-refractivity contribution in [1.82, 2.24) is 15.6 Å². The van der Waals surface area contributed by atoms with Gasteiger partial charge in [0.2, 0.25) is 11.8 Å². The van der Waals surface area contributed by atoms with Crippen LogP contribution in [0.1, 0.15) is 0 Å². The molecule has 1 rings (SSSR count). The minimum Gasteiger partial charge on any atom is -0.305 e. The Labute approximate surface area is 67.8 Å². The molecule has 4 amide bonds. The van der Waals surface area contributed by atoms with Crippen molar-refractivity contribution in [3.8, 4) is 0 Å². The van der Waals surface area contributed by atoms with Crippen molar-refractivity contribution in [2.24, 2.45) is 5.84 Å². The SMILES string of the molecule is NNC(=O)N1CC(=O)NC(=O)C1. The Bertz CT molecular complexity index is 223. The zero-order valence-corrected chi connectivity index (χ0v) is 6.16. The van der Waals surface area contributed by atoms with Crippen molar-refractivity contribution >= 4 is 17.8 Å². The van der Waals surface area contributed by atoms with Crippen LogP contribution in [0.5, 0.6) is 0 Å². The highest BCUT2D eigenvalue weighted by Gasteiger charge is 2.25. The number of nitrogens with zero attached hydrogens (tertiary/aromatic N) is 1. The number of urea groups is 1. The van der Waals surface area contributed by atoms with Crippen LogP contribution in [0.25, 0.3) is 0 Å². The Kier molecular flexibility index (Phi) is 2.24. The van der Waals surface area contributed by atoms with E-state index in [-0.39, 0.29) is 13.1 Å². The lowest BCUT2D eigenvalue weighted by atomic mass is 10.3. The number of hydrazine groups is 1. The summed E-state index contributed by atoms with van der Waals surface area (Å²) in [6.07, 6.45) is 0. The first-order chi connectivity index (χ1) is 5.63. The maximum Gasteiger partial charge on any atom is 0.332 e. The minimum absolute atomic E-state index is 0.144. The minimum atomic E-state index is -0.641. The summed E-state index contributed by atoms with van der Waals surface area (Å²) in [6.45, 7) is -0.288. The summed E-state index contributed by atoms with van der Waals surface area (Å²) in [5.74, 6) is 3.80. The smallest absolute Gasteiger partial charge is 0.305 e. The molecule has 66 valence electrons. The largest absolute Gasteiger partial charge is 0.332 e. The monoisotopic (exact) mass is 172 g/mol. The first-order valence-corrected chi connectivity index (χ1v) is 3.21. The molecular weight excluding hydrogens is 164 g/mol. The molecule has 0 aliphatic carbocycles. The van der Waals surface area contributed by atoms with Gasteiger partial charge in [0.25, 0.3) is 0 Å². The lowest BCUT2D eigenvalue weighted by Crippen LogP contribution is -2.56. The van der Waals surface area contributed by atoms with E-state index in [0.717, 1.165) is 4.90 Å². The van der Waals surface area contributed by atoms with Crippen LogP contribution in [0.15, 0.2) is 0 Å². The third kappa shape index (κ3) is 1.70. The molecule has 0 saturated carbocycles. The Morgan fingerprint density at radius 3 is 2.33 bits per heavy atom. The third-order valence-electron chi connectivity index (χ3n) is 1.36. The van der Waals surface area contributed by atoms with Gasteiger partial charge in [-0.1, -0.05) is 0 Å². The number of amides is 4. The van der Waals surface area contributed by atoms with Gasteiger partial charge in [-0.05, 0) is 0 Å². The van der Waals surface area contributed by atoms with Crippen LogP contribution in [-0.4, -0.2) is 35.8 Å². The maximum absolute atomic E-state index is 10.8. The van der Waals surface area contributed by atoms with Crippen molar-refractivity contribution in [3.63, 3.8) is 0 Å². The number of imide groups is 1. The van der Waals surface area contributed by atoms with Gasteiger partial charge in [0.1, 0.15) is 13.1 Å². The summed E-state index contributed by atoms with van der Waals surface area (Å²) in [4.78, 5) is 33.3. The summed E-state index contributed by atoms with van der Waals surface area (Å²) < 4.78 is 0. The van der Waals surface area contributed by atoms with E-state index >= 15 is 0 Å². The number of nitrogens with two attached hydrogens (primary N) is 1. The van der Waals surface area contributed by atoms with Gasteiger partial charge in [0.15, 0.2) is 0 Å². The number of nitrogens with one attached hydrogen (secondary N) is 2. The Morgan fingerprint density at radius 2 is 1.92 bits per heavy atom.